The third-order valence-electron chi connectivity index (χ3n) is 2.20. The van der Waals surface area contributed by atoms with Gasteiger partial charge < -0.3 is 16.0 Å². The second-order valence-electron chi connectivity index (χ2n) is 3.73. The molecule has 90 valence electrons. The lowest BCUT2D eigenvalue weighted by Crippen LogP contribution is -2.32. The van der Waals surface area contributed by atoms with Crippen molar-refractivity contribution in [2.24, 2.45) is 0 Å². The molecule has 0 saturated heterocycles. The van der Waals surface area contributed by atoms with Crippen LogP contribution >= 0.6 is 0 Å². The fourth-order valence-electron chi connectivity index (χ4n) is 1.48. The Morgan fingerprint density at radius 3 is 2.44 bits per heavy atom. The van der Waals surface area contributed by atoms with Gasteiger partial charge in [-0.05, 0) is 27.7 Å². The van der Waals surface area contributed by atoms with E-state index in [9.17, 15) is 0 Å². The van der Waals surface area contributed by atoms with Gasteiger partial charge in [-0.25, -0.2) is 0 Å². The van der Waals surface area contributed by atoms with E-state index in [1.54, 1.807) is 0 Å². The van der Waals surface area contributed by atoms with E-state index in [2.05, 4.69) is 45.9 Å². The van der Waals surface area contributed by atoms with E-state index in [-0.39, 0.29) is 5.95 Å². The van der Waals surface area contributed by atoms with Crippen molar-refractivity contribution in [3.63, 3.8) is 0 Å². The third-order valence-corrected chi connectivity index (χ3v) is 2.20. The molecule has 0 unspecified atom stereocenters. The predicted molar refractivity (Wildman–Crippen MR) is 66.6 cm³/mol. The van der Waals surface area contributed by atoms with Crippen LogP contribution in [0.4, 0.5) is 17.8 Å². The average Bonchev–Trinajstić information content (AvgIpc) is 2.17. The van der Waals surface area contributed by atoms with Gasteiger partial charge >= 0.3 is 0 Å². The van der Waals surface area contributed by atoms with E-state index in [1.165, 1.54) is 0 Å². The summed E-state index contributed by atoms with van der Waals surface area (Å²) >= 11 is 0. The molecule has 0 amide bonds. The summed E-state index contributed by atoms with van der Waals surface area (Å²) in [5.41, 5.74) is 5.65. The van der Waals surface area contributed by atoms with Crippen molar-refractivity contribution in [1.29, 1.82) is 0 Å². The molecular formula is C10H20N6. The van der Waals surface area contributed by atoms with Crippen LogP contribution in [0.3, 0.4) is 0 Å². The van der Waals surface area contributed by atoms with Gasteiger partial charge in [-0.2, -0.15) is 15.0 Å². The summed E-state index contributed by atoms with van der Waals surface area (Å²) in [6, 6.07) is 0.335. The van der Waals surface area contributed by atoms with Crippen molar-refractivity contribution < 1.29 is 0 Å². The quantitative estimate of drug-likeness (QED) is 0.780. The van der Waals surface area contributed by atoms with E-state index in [0.717, 1.165) is 13.1 Å². The SMILES string of the molecule is CCNc1nc(N)nc(N(CC)C(C)C)n1. The Morgan fingerprint density at radius 2 is 1.94 bits per heavy atom. The lowest BCUT2D eigenvalue weighted by Gasteiger charge is -2.25. The van der Waals surface area contributed by atoms with Gasteiger partial charge in [0.1, 0.15) is 0 Å². The molecule has 16 heavy (non-hydrogen) atoms. The molecule has 1 heterocycles. The van der Waals surface area contributed by atoms with Gasteiger partial charge in [-0.15, -0.1) is 0 Å². The van der Waals surface area contributed by atoms with Crippen molar-refractivity contribution >= 4 is 17.8 Å². The fourth-order valence-corrected chi connectivity index (χ4v) is 1.48. The highest BCUT2D eigenvalue weighted by Crippen LogP contribution is 2.14. The maximum atomic E-state index is 5.65. The molecule has 6 nitrogen and oxygen atoms in total. The molecule has 0 aliphatic rings. The van der Waals surface area contributed by atoms with Gasteiger partial charge in [0.2, 0.25) is 17.8 Å². The molecule has 0 spiro atoms. The standard InChI is InChI=1S/C10H20N6/c1-5-12-9-13-8(11)14-10(15-9)16(6-2)7(3)4/h7H,5-6H2,1-4H3,(H3,11,12,13,14,15). The number of hydrogen-bond donors (Lipinski definition) is 2. The first kappa shape index (κ1) is 12.5. The lowest BCUT2D eigenvalue weighted by molar-refractivity contribution is 0.679. The summed E-state index contributed by atoms with van der Waals surface area (Å²) < 4.78 is 0. The van der Waals surface area contributed by atoms with E-state index >= 15 is 0 Å². The Kier molecular flexibility index (Phi) is 4.28. The van der Waals surface area contributed by atoms with Crippen LogP contribution in [-0.4, -0.2) is 34.1 Å². The minimum Gasteiger partial charge on any atom is -0.368 e. The maximum absolute atomic E-state index is 5.65. The summed E-state index contributed by atoms with van der Waals surface area (Å²) in [5, 5.41) is 3.04. The van der Waals surface area contributed by atoms with Crippen LogP contribution in [0, 0.1) is 0 Å². The first-order valence-electron chi connectivity index (χ1n) is 5.60. The Balaban J connectivity index is 3.02. The molecular weight excluding hydrogens is 204 g/mol. The summed E-state index contributed by atoms with van der Waals surface area (Å²) in [6.07, 6.45) is 0. The van der Waals surface area contributed by atoms with Crippen molar-refractivity contribution in [2.45, 2.75) is 33.7 Å². The normalized spacial score (nSPS) is 10.6. The van der Waals surface area contributed by atoms with Crippen LogP contribution in [0.5, 0.6) is 0 Å². The van der Waals surface area contributed by atoms with Crippen LogP contribution in [0.1, 0.15) is 27.7 Å². The molecule has 0 atom stereocenters. The zero-order valence-electron chi connectivity index (χ0n) is 10.4. The van der Waals surface area contributed by atoms with Crippen LogP contribution in [0.25, 0.3) is 0 Å². The molecule has 1 aromatic heterocycles. The zero-order valence-corrected chi connectivity index (χ0v) is 10.4. The maximum Gasteiger partial charge on any atom is 0.232 e. The van der Waals surface area contributed by atoms with Gasteiger partial charge in [-0.3, -0.25) is 0 Å². The monoisotopic (exact) mass is 224 g/mol. The number of rotatable bonds is 5. The van der Waals surface area contributed by atoms with Crippen LogP contribution in [0.15, 0.2) is 0 Å². The minimum absolute atomic E-state index is 0.250. The summed E-state index contributed by atoms with van der Waals surface area (Å²) in [6.45, 7) is 9.84. The number of anilines is 3. The van der Waals surface area contributed by atoms with Gasteiger partial charge in [0.25, 0.3) is 0 Å². The third kappa shape index (κ3) is 2.95. The minimum atomic E-state index is 0.250. The zero-order chi connectivity index (χ0) is 12.1. The Labute approximate surface area is 96.3 Å². The summed E-state index contributed by atoms with van der Waals surface area (Å²) in [7, 11) is 0. The molecule has 3 N–H and O–H groups in total. The first-order valence-corrected chi connectivity index (χ1v) is 5.60. The van der Waals surface area contributed by atoms with Crippen molar-refractivity contribution in [3.8, 4) is 0 Å². The molecule has 0 aromatic carbocycles. The highest BCUT2D eigenvalue weighted by Gasteiger charge is 2.13. The van der Waals surface area contributed by atoms with Gasteiger partial charge in [0.05, 0.1) is 0 Å². The summed E-state index contributed by atoms with van der Waals surface area (Å²) in [4.78, 5) is 14.6. The summed E-state index contributed by atoms with van der Waals surface area (Å²) in [5.74, 6) is 1.41. The number of hydrogen-bond acceptors (Lipinski definition) is 6. The van der Waals surface area contributed by atoms with Crippen LogP contribution in [-0.2, 0) is 0 Å². The van der Waals surface area contributed by atoms with Gasteiger partial charge in [0, 0.05) is 19.1 Å². The molecule has 0 aliphatic heterocycles. The van der Waals surface area contributed by atoms with Gasteiger partial charge in [0.15, 0.2) is 0 Å². The van der Waals surface area contributed by atoms with E-state index in [0.29, 0.717) is 17.9 Å². The van der Waals surface area contributed by atoms with E-state index in [1.807, 2.05) is 6.92 Å². The largest absolute Gasteiger partial charge is 0.368 e. The highest BCUT2D eigenvalue weighted by atomic mass is 15.3. The number of nitrogen functional groups attached to an aromatic ring is 1. The molecule has 6 heteroatoms. The Morgan fingerprint density at radius 1 is 1.25 bits per heavy atom. The average molecular weight is 224 g/mol. The van der Waals surface area contributed by atoms with Crippen LogP contribution < -0.4 is 16.0 Å². The molecule has 0 radical (unpaired) electrons. The van der Waals surface area contributed by atoms with Crippen LogP contribution in [0.2, 0.25) is 0 Å². The smallest absolute Gasteiger partial charge is 0.232 e. The molecule has 1 aromatic rings. The van der Waals surface area contributed by atoms with E-state index in [4.69, 9.17) is 5.73 Å². The molecule has 0 fully saturated rings. The number of nitrogens with one attached hydrogen (secondary N) is 1. The Hall–Kier alpha value is -1.59. The lowest BCUT2D eigenvalue weighted by atomic mass is 10.3. The van der Waals surface area contributed by atoms with Crippen molar-refractivity contribution in [3.05, 3.63) is 0 Å². The second kappa shape index (κ2) is 5.48. The predicted octanol–water partition coefficient (Wildman–Crippen LogP) is 1.12. The fraction of sp³-hybridized carbons (Fsp3) is 0.700. The molecule has 0 saturated carbocycles. The highest BCUT2D eigenvalue weighted by molar-refractivity contribution is 5.42. The topological polar surface area (TPSA) is 80.0 Å². The Bertz CT molecular complexity index is 338. The van der Waals surface area contributed by atoms with E-state index < -0.39 is 0 Å². The molecule has 0 bridgehead atoms. The second-order valence-corrected chi connectivity index (χ2v) is 3.73. The molecule has 1 rings (SSSR count). The number of aromatic nitrogens is 3. The van der Waals surface area contributed by atoms with Crippen molar-refractivity contribution in [1.82, 2.24) is 15.0 Å². The van der Waals surface area contributed by atoms with Crippen molar-refractivity contribution in [2.75, 3.05) is 29.0 Å². The molecule has 0 aliphatic carbocycles. The first-order chi connectivity index (χ1) is 7.58. The number of nitrogens with zero attached hydrogens (tertiary/aromatic N) is 4. The van der Waals surface area contributed by atoms with Gasteiger partial charge in [-0.1, -0.05) is 0 Å². The number of nitrogens with two attached hydrogens (primary N) is 1.